The van der Waals surface area contributed by atoms with E-state index < -0.39 is 0 Å². The number of hydrogen-bond donors (Lipinski definition) is 2. The Labute approximate surface area is 211 Å². The van der Waals surface area contributed by atoms with Crippen molar-refractivity contribution in [2.24, 2.45) is 0 Å². The SMILES string of the molecule is C=CCCCCCCCCCCCCCCCC[N+](CCO)(CCO)Cc1ccccc1.[Cl-]. The quantitative estimate of drug-likeness (QED) is 0.141. The monoisotopic (exact) mass is 481 g/mol. The number of nitrogens with zero attached hydrogens (tertiary/aromatic N) is 1. The number of unbranched alkanes of at least 4 members (excludes halogenated alkanes) is 14. The molecule has 1 rings (SSSR count). The Morgan fingerprint density at radius 2 is 1.03 bits per heavy atom. The third kappa shape index (κ3) is 17.3. The van der Waals surface area contributed by atoms with Crippen molar-refractivity contribution >= 4 is 0 Å². The molecule has 1 aromatic rings. The molecule has 0 heterocycles. The van der Waals surface area contributed by atoms with Crippen LogP contribution in [-0.2, 0) is 6.54 Å². The van der Waals surface area contributed by atoms with Gasteiger partial charge >= 0.3 is 0 Å². The predicted octanol–water partition coefficient (Wildman–Crippen LogP) is 4.03. The van der Waals surface area contributed by atoms with Crippen LogP contribution in [0.2, 0.25) is 0 Å². The largest absolute Gasteiger partial charge is 1.00 e. The van der Waals surface area contributed by atoms with Crippen LogP contribution in [0.3, 0.4) is 0 Å². The van der Waals surface area contributed by atoms with Gasteiger partial charge in [0.1, 0.15) is 19.6 Å². The van der Waals surface area contributed by atoms with Crippen LogP contribution in [0.4, 0.5) is 0 Å². The van der Waals surface area contributed by atoms with Crippen LogP contribution in [-0.4, -0.2) is 47.5 Å². The molecule has 0 spiro atoms. The van der Waals surface area contributed by atoms with Gasteiger partial charge < -0.3 is 27.1 Å². The lowest BCUT2D eigenvalue weighted by Gasteiger charge is -2.38. The average molecular weight is 482 g/mol. The van der Waals surface area contributed by atoms with Crippen LogP contribution in [0.15, 0.2) is 43.0 Å². The van der Waals surface area contributed by atoms with E-state index in [1.54, 1.807) is 0 Å². The molecule has 33 heavy (non-hydrogen) atoms. The van der Waals surface area contributed by atoms with Gasteiger partial charge in [-0.3, -0.25) is 0 Å². The number of halogens is 1. The fourth-order valence-electron chi connectivity index (χ4n) is 4.82. The topological polar surface area (TPSA) is 40.5 Å². The highest BCUT2D eigenvalue weighted by Crippen LogP contribution is 2.18. The van der Waals surface area contributed by atoms with Crippen molar-refractivity contribution in [1.82, 2.24) is 0 Å². The highest BCUT2D eigenvalue weighted by atomic mass is 35.5. The highest BCUT2D eigenvalue weighted by molar-refractivity contribution is 5.13. The normalized spacial score (nSPS) is 11.3. The maximum absolute atomic E-state index is 9.64. The number of aliphatic hydroxyl groups excluding tert-OH is 2. The fraction of sp³-hybridized carbons (Fsp3) is 0.724. The Morgan fingerprint density at radius 1 is 0.606 bits per heavy atom. The Kier molecular flexibility index (Phi) is 22.3. The minimum atomic E-state index is 0. The molecule has 0 aromatic heterocycles. The van der Waals surface area contributed by atoms with E-state index in [0.717, 1.165) is 30.7 Å². The van der Waals surface area contributed by atoms with Crippen LogP contribution in [0.5, 0.6) is 0 Å². The van der Waals surface area contributed by atoms with Crippen molar-refractivity contribution in [3.8, 4) is 0 Å². The van der Waals surface area contributed by atoms with Gasteiger partial charge in [-0.25, -0.2) is 0 Å². The summed E-state index contributed by atoms with van der Waals surface area (Å²) in [5.74, 6) is 0. The van der Waals surface area contributed by atoms with E-state index in [0.29, 0.717) is 0 Å². The van der Waals surface area contributed by atoms with Gasteiger partial charge in [-0.05, 0) is 25.7 Å². The Hall–Kier alpha value is -0.870. The summed E-state index contributed by atoms with van der Waals surface area (Å²) in [4.78, 5) is 0. The number of allylic oxidation sites excluding steroid dienone is 1. The second-order valence-corrected chi connectivity index (χ2v) is 9.63. The van der Waals surface area contributed by atoms with Gasteiger partial charge in [0.05, 0.1) is 19.8 Å². The molecule has 0 aliphatic heterocycles. The molecule has 3 nitrogen and oxygen atoms in total. The second kappa shape index (κ2) is 22.9. The number of hydrogen-bond acceptors (Lipinski definition) is 2. The van der Waals surface area contributed by atoms with Gasteiger partial charge in [-0.15, -0.1) is 6.58 Å². The molecule has 0 aliphatic carbocycles. The Morgan fingerprint density at radius 3 is 1.45 bits per heavy atom. The van der Waals surface area contributed by atoms with Gasteiger partial charge in [0.15, 0.2) is 0 Å². The molecule has 1 aromatic carbocycles. The van der Waals surface area contributed by atoms with Crippen molar-refractivity contribution in [3.63, 3.8) is 0 Å². The Balaban J connectivity index is 0.0000102. The summed E-state index contributed by atoms with van der Waals surface area (Å²) in [7, 11) is 0. The smallest absolute Gasteiger partial charge is 0.104 e. The minimum absolute atomic E-state index is 0. The average Bonchev–Trinajstić information content (AvgIpc) is 2.80. The fourth-order valence-corrected chi connectivity index (χ4v) is 4.82. The van der Waals surface area contributed by atoms with Crippen LogP contribution >= 0.6 is 0 Å². The van der Waals surface area contributed by atoms with E-state index in [1.807, 2.05) is 12.1 Å². The molecule has 0 saturated carbocycles. The summed E-state index contributed by atoms with van der Waals surface area (Å²) in [5, 5.41) is 19.3. The number of benzene rings is 1. The van der Waals surface area contributed by atoms with Crippen LogP contribution in [0.25, 0.3) is 0 Å². The summed E-state index contributed by atoms with van der Waals surface area (Å²) in [6, 6.07) is 10.5. The molecule has 0 atom stereocenters. The number of quaternary nitrogens is 1. The minimum Gasteiger partial charge on any atom is -1.00 e. The van der Waals surface area contributed by atoms with E-state index in [2.05, 4.69) is 30.8 Å². The molecule has 0 aliphatic rings. The summed E-state index contributed by atoms with van der Waals surface area (Å²) in [6.07, 6.45) is 22.2. The number of aliphatic hydroxyl groups is 2. The lowest BCUT2D eigenvalue weighted by atomic mass is 10.0. The van der Waals surface area contributed by atoms with Gasteiger partial charge in [0.2, 0.25) is 0 Å². The van der Waals surface area contributed by atoms with E-state index >= 15 is 0 Å². The zero-order valence-electron chi connectivity index (χ0n) is 21.2. The van der Waals surface area contributed by atoms with Crippen LogP contribution in [0, 0.1) is 0 Å². The summed E-state index contributed by atoms with van der Waals surface area (Å²) < 4.78 is 0.797. The van der Waals surface area contributed by atoms with Crippen molar-refractivity contribution in [2.75, 3.05) is 32.8 Å². The highest BCUT2D eigenvalue weighted by Gasteiger charge is 2.26. The molecular weight excluding hydrogens is 430 g/mol. The first-order valence-corrected chi connectivity index (χ1v) is 13.5. The van der Waals surface area contributed by atoms with E-state index in [4.69, 9.17) is 0 Å². The molecule has 0 unspecified atom stereocenters. The third-order valence-corrected chi connectivity index (χ3v) is 6.80. The predicted molar refractivity (Wildman–Crippen MR) is 139 cm³/mol. The van der Waals surface area contributed by atoms with E-state index in [-0.39, 0.29) is 25.6 Å². The molecule has 192 valence electrons. The summed E-state index contributed by atoms with van der Waals surface area (Å²) >= 11 is 0. The van der Waals surface area contributed by atoms with Crippen LogP contribution < -0.4 is 12.4 Å². The maximum atomic E-state index is 9.64. The molecular formula is C29H52ClNO2. The van der Waals surface area contributed by atoms with Gasteiger partial charge in [0, 0.05) is 5.56 Å². The van der Waals surface area contributed by atoms with Gasteiger partial charge in [-0.1, -0.05) is 107 Å². The molecule has 0 radical (unpaired) electrons. The molecule has 0 amide bonds. The molecule has 0 fully saturated rings. The second-order valence-electron chi connectivity index (χ2n) is 9.63. The third-order valence-electron chi connectivity index (χ3n) is 6.80. The lowest BCUT2D eigenvalue weighted by molar-refractivity contribution is -0.941. The van der Waals surface area contributed by atoms with E-state index in [9.17, 15) is 10.2 Å². The maximum Gasteiger partial charge on any atom is 0.104 e. The molecule has 0 bridgehead atoms. The molecule has 2 N–H and O–H groups in total. The van der Waals surface area contributed by atoms with E-state index in [1.165, 1.54) is 102 Å². The van der Waals surface area contributed by atoms with Gasteiger partial charge in [0.25, 0.3) is 0 Å². The van der Waals surface area contributed by atoms with Crippen molar-refractivity contribution in [2.45, 2.75) is 103 Å². The van der Waals surface area contributed by atoms with Gasteiger partial charge in [-0.2, -0.15) is 0 Å². The van der Waals surface area contributed by atoms with Crippen LogP contribution in [0.1, 0.15) is 102 Å². The first-order valence-electron chi connectivity index (χ1n) is 13.5. The number of rotatable bonds is 23. The van der Waals surface area contributed by atoms with Crippen molar-refractivity contribution < 1.29 is 27.1 Å². The van der Waals surface area contributed by atoms with Crippen molar-refractivity contribution in [3.05, 3.63) is 48.6 Å². The standard InChI is InChI=1S/C29H52NO2.ClH/c1-2-3-4-5-6-7-8-9-10-11-12-13-14-15-16-20-23-30(24-26-31,25-27-32)28-29-21-18-17-19-22-29;/h2,17-19,21-22,31-32H,1,3-16,20,23-28H2;1H/q+1;/p-1. The zero-order chi connectivity index (χ0) is 23.2. The Bertz CT molecular complexity index is 532. The zero-order valence-corrected chi connectivity index (χ0v) is 22.0. The summed E-state index contributed by atoms with van der Waals surface area (Å²) in [6.45, 7) is 7.55. The molecule has 0 saturated heterocycles. The lowest BCUT2D eigenvalue weighted by Crippen LogP contribution is -3.00. The molecule has 4 heteroatoms. The van der Waals surface area contributed by atoms with Crippen molar-refractivity contribution in [1.29, 1.82) is 0 Å². The first kappa shape index (κ1) is 32.1. The first-order chi connectivity index (χ1) is 15.8. The summed E-state index contributed by atoms with van der Waals surface area (Å²) in [5.41, 5.74) is 1.29.